The minimum Gasteiger partial charge on any atom is -0.497 e. The van der Waals surface area contributed by atoms with Crippen molar-refractivity contribution in [2.24, 2.45) is 0 Å². The summed E-state index contributed by atoms with van der Waals surface area (Å²) in [6.07, 6.45) is 0. The van der Waals surface area contributed by atoms with E-state index >= 15 is 0 Å². The summed E-state index contributed by atoms with van der Waals surface area (Å²) >= 11 is 0. The lowest BCUT2D eigenvalue weighted by atomic mass is 10.1. The van der Waals surface area contributed by atoms with Crippen molar-refractivity contribution in [3.05, 3.63) is 53.8 Å². The molecular formula is C18H23FN2O4S. The molecule has 1 atom stereocenters. The monoisotopic (exact) mass is 382 g/mol. The van der Waals surface area contributed by atoms with Crippen LogP contribution in [-0.2, 0) is 10.0 Å². The topological polar surface area (TPSA) is 67.9 Å². The third-order valence-corrected chi connectivity index (χ3v) is 5.45. The summed E-state index contributed by atoms with van der Waals surface area (Å²) in [6, 6.07) is 10.3. The predicted octanol–water partition coefficient (Wildman–Crippen LogP) is 2.42. The van der Waals surface area contributed by atoms with Crippen LogP contribution in [0.1, 0.15) is 11.6 Å². The van der Waals surface area contributed by atoms with Gasteiger partial charge in [0.1, 0.15) is 22.2 Å². The predicted molar refractivity (Wildman–Crippen MR) is 97.6 cm³/mol. The maximum absolute atomic E-state index is 13.2. The van der Waals surface area contributed by atoms with Crippen molar-refractivity contribution >= 4 is 10.0 Å². The Kier molecular flexibility index (Phi) is 6.57. The molecule has 2 aromatic rings. The van der Waals surface area contributed by atoms with Gasteiger partial charge in [0.2, 0.25) is 10.0 Å². The molecule has 0 aliphatic heterocycles. The molecule has 26 heavy (non-hydrogen) atoms. The number of hydrogen-bond acceptors (Lipinski definition) is 5. The largest absolute Gasteiger partial charge is 0.497 e. The maximum atomic E-state index is 13.2. The van der Waals surface area contributed by atoms with Gasteiger partial charge in [0.15, 0.2) is 0 Å². The molecule has 0 aliphatic rings. The van der Waals surface area contributed by atoms with Crippen molar-refractivity contribution in [2.75, 3.05) is 34.9 Å². The van der Waals surface area contributed by atoms with Crippen LogP contribution in [0.4, 0.5) is 4.39 Å². The first-order valence-electron chi connectivity index (χ1n) is 7.92. The van der Waals surface area contributed by atoms with Crippen molar-refractivity contribution in [1.29, 1.82) is 0 Å². The van der Waals surface area contributed by atoms with Gasteiger partial charge in [0.05, 0.1) is 14.2 Å². The molecule has 0 fully saturated rings. The van der Waals surface area contributed by atoms with Crippen molar-refractivity contribution in [3.8, 4) is 11.5 Å². The molecule has 6 nitrogen and oxygen atoms in total. The zero-order chi connectivity index (χ0) is 19.3. The number of nitrogens with zero attached hydrogens (tertiary/aromatic N) is 1. The van der Waals surface area contributed by atoms with Crippen molar-refractivity contribution < 1.29 is 22.3 Å². The van der Waals surface area contributed by atoms with Gasteiger partial charge in [0.25, 0.3) is 0 Å². The van der Waals surface area contributed by atoms with Crippen LogP contribution in [0.5, 0.6) is 11.5 Å². The zero-order valence-corrected chi connectivity index (χ0v) is 16.0. The van der Waals surface area contributed by atoms with Crippen LogP contribution in [0.15, 0.2) is 47.4 Å². The molecule has 2 aromatic carbocycles. The van der Waals surface area contributed by atoms with Crippen LogP contribution in [0.3, 0.4) is 0 Å². The Balaban J connectivity index is 2.26. The highest BCUT2D eigenvalue weighted by atomic mass is 32.2. The number of rotatable bonds is 8. The molecule has 0 spiro atoms. The van der Waals surface area contributed by atoms with E-state index < -0.39 is 10.0 Å². The van der Waals surface area contributed by atoms with E-state index in [1.165, 1.54) is 38.5 Å². The normalized spacial score (nSPS) is 12.8. The number of halogens is 1. The molecule has 0 aromatic heterocycles. The lowest BCUT2D eigenvalue weighted by Crippen LogP contribution is -2.34. The number of likely N-dealkylation sites (N-methyl/N-ethyl adjacent to an activating group) is 1. The van der Waals surface area contributed by atoms with Gasteiger partial charge in [-0.2, -0.15) is 0 Å². The average Bonchev–Trinajstić information content (AvgIpc) is 2.62. The van der Waals surface area contributed by atoms with Gasteiger partial charge >= 0.3 is 0 Å². The number of nitrogens with one attached hydrogen (secondary N) is 1. The summed E-state index contributed by atoms with van der Waals surface area (Å²) in [6.45, 7) is 0.112. The molecule has 0 amide bonds. The Labute approximate surface area is 153 Å². The number of hydrogen-bond donors (Lipinski definition) is 1. The van der Waals surface area contributed by atoms with Crippen LogP contribution in [0, 0.1) is 5.82 Å². The minimum absolute atomic E-state index is 0.00374. The smallest absolute Gasteiger partial charge is 0.244 e. The van der Waals surface area contributed by atoms with Crippen molar-refractivity contribution in [3.63, 3.8) is 0 Å². The second-order valence-electron chi connectivity index (χ2n) is 5.90. The van der Waals surface area contributed by atoms with E-state index in [2.05, 4.69) is 4.72 Å². The fraction of sp³-hybridized carbons (Fsp3) is 0.333. The number of sulfonamides is 1. The molecule has 1 N–H and O–H groups in total. The third kappa shape index (κ3) is 4.72. The average molecular weight is 382 g/mol. The molecule has 0 saturated carbocycles. The first-order chi connectivity index (χ1) is 12.3. The van der Waals surface area contributed by atoms with Crippen molar-refractivity contribution in [2.45, 2.75) is 10.9 Å². The summed E-state index contributed by atoms with van der Waals surface area (Å²) < 4.78 is 51.5. The Morgan fingerprint density at radius 1 is 1.08 bits per heavy atom. The second kappa shape index (κ2) is 8.48. The van der Waals surface area contributed by atoms with Crippen LogP contribution in [0.2, 0.25) is 0 Å². The molecule has 0 heterocycles. The van der Waals surface area contributed by atoms with Crippen molar-refractivity contribution in [1.82, 2.24) is 9.62 Å². The van der Waals surface area contributed by atoms with E-state index in [9.17, 15) is 12.8 Å². The molecule has 8 heteroatoms. The van der Waals surface area contributed by atoms with Gasteiger partial charge in [-0.05, 0) is 43.9 Å². The first-order valence-corrected chi connectivity index (χ1v) is 9.40. The molecule has 2 rings (SSSR count). The SMILES string of the molecule is COc1ccc(OC)c(S(=O)(=O)NC[C@@H](c2ccc(F)cc2)N(C)C)c1. The summed E-state index contributed by atoms with van der Waals surface area (Å²) in [5, 5.41) is 0. The van der Waals surface area contributed by atoms with E-state index in [0.717, 1.165) is 5.56 Å². The Hall–Kier alpha value is -2.16. The third-order valence-electron chi connectivity index (χ3n) is 4.01. The fourth-order valence-corrected chi connectivity index (χ4v) is 3.76. The van der Waals surface area contributed by atoms with E-state index in [4.69, 9.17) is 9.47 Å². The highest BCUT2D eigenvalue weighted by Crippen LogP contribution is 2.28. The molecule has 0 bridgehead atoms. The molecule has 0 unspecified atom stereocenters. The van der Waals surface area contributed by atoms with Crippen LogP contribution in [0.25, 0.3) is 0 Å². The Morgan fingerprint density at radius 3 is 2.27 bits per heavy atom. The number of benzene rings is 2. The summed E-state index contributed by atoms with van der Waals surface area (Å²) in [7, 11) is 2.68. The Morgan fingerprint density at radius 2 is 1.73 bits per heavy atom. The highest BCUT2D eigenvalue weighted by Gasteiger charge is 2.23. The van der Waals surface area contributed by atoms with E-state index in [1.807, 2.05) is 19.0 Å². The van der Waals surface area contributed by atoms with Crippen LogP contribution >= 0.6 is 0 Å². The minimum atomic E-state index is -3.84. The zero-order valence-electron chi connectivity index (χ0n) is 15.2. The maximum Gasteiger partial charge on any atom is 0.244 e. The van der Waals surface area contributed by atoms with Gasteiger partial charge in [-0.15, -0.1) is 0 Å². The molecular weight excluding hydrogens is 359 g/mol. The van der Waals surface area contributed by atoms with Crippen LogP contribution in [-0.4, -0.2) is 48.2 Å². The summed E-state index contributed by atoms with van der Waals surface area (Å²) in [5.74, 6) is 0.295. The number of methoxy groups -OCH3 is 2. The molecule has 142 valence electrons. The highest BCUT2D eigenvalue weighted by molar-refractivity contribution is 7.89. The fourth-order valence-electron chi connectivity index (χ4n) is 2.54. The molecule has 0 saturated heterocycles. The van der Waals surface area contributed by atoms with E-state index in [0.29, 0.717) is 5.75 Å². The van der Waals surface area contributed by atoms with E-state index in [1.54, 1.807) is 18.2 Å². The van der Waals surface area contributed by atoms with E-state index in [-0.39, 0.29) is 29.0 Å². The summed E-state index contributed by atoms with van der Waals surface area (Å²) in [4.78, 5) is 1.86. The first kappa shape index (κ1) is 20.2. The van der Waals surface area contributed by atoms with Gasteiger partial charge in [-0.1, -0.05) is 12.1 Å². The second-order valence-corrected chi connectivity index (χ2v) is 7.64. The quantitative estimate of drug-likeness (QED) is 0.760. The lowest BCUT2D eigenvalue weighted by molar-refractivity contribution is 0.299. The van der Waals surface area contributed by atoms with Gasteiger partial charge in [-0.25, -0.2) is 17.5 Å². The van der Waals surface area contributed by atoms with Crippen LogP contribution < -0.4 is 14.2 Å². The summed E-state index contributed by atoms with van der Waals surface area (Å²) in [5.41, 5.74) is 0.803. The van der Waals surface area contributed by atoms with Gasteiger partial charge < -0.3 is 14.4 Å². The molecule has 0 radical (unpaired) electrons. The van der Waals surface area contributed by atoms with Gasteiger partial charge in [0, 0.05) is 18.7 Å². The molecule has 0 aliphatic carbocycles. The lowest BCUT2D eigenvalue weighted by Gasteiger charge is -2.25. The van der Waals surface area contributed by atoms with Gasteiger partial charge in [-0.3, -0.25) is 0 Å². The number of ether oxygens (including phenoxy) is 2. The standard InChI is InChI=1S/C18H23FN2O4S/c1-21(2)16(13-5-7-14(19)8-6-13)12-20-26(22,23)18-11-15(24-3)9-10-17(18)25-4/h5-11,16,20H,12H2,1-4H3/t16-/m0/s1. The Bertz CT molecular complexity index is 839.